The molecule has 1 nitrogen and oxygen atoms in total. The van der Waals surface area contributed by atoms with E-state index in [0.29, 0.717) is 0 Å². The second kappa shape index (κ2) is 5.55. The van der Waals surface area contributed by atoms with E-state index in [1.165, 1.54) is 5.56 Å². The number of halogens is 1. The third kappa shape index (κ3) is 3.61. The molecule has 0 fully saturated rings. The molecule has 0 saturated carbocycles. The normalized spacial score (nSPS) is 10.1. The highest BCUT2D eigenvalue weighted by Crippen LogP contribution is 2.25. The van der Waals surface area contributed by atoms with Gasteiger partial charge in [-0.1, -0.05) is 6.07 Å². The Labute approximate surface area is 92.0 Å². The van der Waals surface area contributed by atoms with Crippen LogP contribution >= 0.6 is 27.7 Å². The van der Waals surface area contributed by atoms with Crippen molar-refractivity contribution in [3.05, 3.63) is 28.2 Å². The summed E-state index contributed by atoms with van der Waals surface area (Å²) in [7, 11) is 0. The Balaban J connectivity index is 2.56. The summed E-state index contributed by atoms with van der Waals surface area (Å²) in [6.45, 7) is 2.83. The number of hydrogen-bond acceptors (Lipinski definition) is 2. The van der Waals surface area contributed by atoms with Gasteiger partial charge in [0.15, 0.2) is 0 Å². The zero-order valence-electron chi connectivity index (χ0n) is 7.84. The summed E-state index contributed by atoms with van der Waals surface area (Å²) in [5.41, 5.74) is 1.24. The molecule has 1 rings (SSSR count). The fourth-order valence-corrected chi connectivity index (χ4v) is 1.82. The van der Waals surface area contributed by atoms with Crippen molar-refractivity contribution in [3.63, 3.8) is 0 Å². The lowest BCUT2D eigenvalue weighted by Crippen LogP contribution is -2.00. The van der Waals surface area contributed by atoms with Crippen molar-refractivity contribution in [1.29, 1.82) is 0 Å². The first-order valence-electron chi connectivity index (χ1n) is 4.12. The topological polar surface area (TPSA) is 9.23 Å². The third-order valence-corrected chi connectivity index (χ3v) is 2.83. The minimum Gasteiger partial charge on any atom is -0.492 e. The number of hydrogen-bond donors (Lipinski definition) is 0. The van der Waals surface area contributed by atoms with E-state index < -0.39 is 0 Å². The Morgan fingerprint density at radius 1 is 1.46 bits per heavy atom. The van der Waals surface area contributed by atoms with Crippen molar-refractivity contribution in [3.8, 4) is 5.75 Å². The summed E-state index contributed by atoms with van der Waals surface area (Å²) in [5, 5.41) is 0. The zero-order chi connectivity index (χ0) is 9.68. The average Bonchev–Trinajstić information content (AvgIpc) is 2.09. The maximum Gasteiger partial charge on any atom is 0.133 e. The molecule has 0 heterocycles. The van der Waals surface area contributed by atoms with Crippen molar-refractivity contribution in [2.75, 3.05) is 18.6 Å². The number of aryl methyl sites for hydroxylation is 1. The molecule has 0 saturated heterocycles. The lowest BCUT2D eigenvalue weighted by atomic mass is 10.2. The van der Waals surface area contributed by atoms with Gasteiger partial charge >= 0.3 is 0 Å². The van der Waals surface area contributed by atoms with Crippen molar-refractivity contribution in [2.45, 2.75) is 6.92 Å². The number of thioether (sulfide) groups is 1. The first-order valence-corrected chi connectivity index (χ1v) is 6.30. The minimum absolute atomic E-state index is 0.767. The second-order valence-corrected chi connectivity index (χ2v) is 4.62. The molecule has 0 aliphatic heterocycles. The second-order valence-electron chi connectivity index (χ2n) is 2.78. The molecule has 0 bridgehead atoms. The molecule has 0 aliphatic carbocycles. The average molecular weight is 261 g/mol. The Bertz CT molecular complexity index is 276. The molecular formula is C10H13BrOS. The van der Waals surface area contributed by atoms with Gasteiger partial charge in [0.25, 0.3) is 0 Å². The molecule has 3 heteroatoms. The van der Waals surface area contributed by atoms with Crippen LogP contribution in [0.15, 0.2) is 22.7 Å². The van der Waals surface area contributed by atoms with Crippen LogP contribution in [0.25, 0.3) is 0 Å². The quantitative estimate of drug-likeness (QED) is 0.767. The van der Waals surface area contributed by atoms with E-state index >= 15 is 0 Å². The maximum atomic E-state index is 5.56. The lowest BCUT2D eigenvalue weighted by Gasteiger charge is -2.07. The van der Waals surface area contributed by atoms with Crippen LogP contribution in [0, 0.1) is 6.92 Å². The zero-order valence-corrected chi connectivity index (χ0v) is 10.2. The molecule has 0 aliphatic rings. The summed E-state index contributed by atoms with van der Waals surface area (Å²) in [6, 6.07) is 6.12. The largest absolute Gasteiger partial charge is 0.492 e. The van der Waals surface area contributed by atoms with Gasteiger partial charge in [-0.25, -0.2) is 0 Å². The molecule has 0 spiro atoms. The predicted octanol–water partition coefficient (Wildman–Crippen LogP) is 3.50. The molecule has 0 atom stereocenters. The Morgan fingerprint density at radius 2 is 2.23 bits per heavy atom. The molecule has 0 unspecified atom stereocenters. The van der Waals surface area contributed by atoms with Crippen molar-refractivity contribution in [1.82, 2.24) is 0 Å². The highest BCUT2D eigenvalue weighted by atomic mass is 79.9. The molecule has 1 aromatic carbocycles. The summed E-state index contributed by atoms with van der Waals surface area (Å²) in [5.74, 6) is 1.96. The molecule has 1 aromatic rings. The van der Waals surface area contributed by atoms with Gasteiger partial charge in [-0.2, -0.15) is 11.8 Å². The van der Waals surface area contributed by atoms with Crippen LogP contribution in [0.1, 0.15) is 5.56 Å². The molecule has 0 N–H and O–H groups in total. The standard InChI is InChI=1S/C10H13BrOS/c1-8-3-4-10(9(11)7-8)12-5-6-13-2/h3-4,7H,5-6H2,1-2H3. The van der Waals surface area contributed by atoms with E-state index in [1.807, 2.05) is 6.07 Å². The van der Waals surface area contributed by atoms with E-state index in [1.54, 1.807) is 11.8 Å². The summed E-state index contributed by atoms with van der Waals surface area (Å²) in [4.78, 5) is 0. The van der Waals surface area contributed by atoms with Gasteiger partial charge in [-0.15, -0.1) is 0 Å². The Kier molecular flexibility index (Phi) is 4.67. The van der Waals surface area contributed by atoms with Crippen molar-refractivity contribution >= 4 is 27.7 Å². The van der Waals surface area contributed by atoms with Crippen LogP contribution in [0.4, 0.5) is 0 Å². The van der Waals surface area contributed by atoms with Gasteiger partial charge in [-0.3, -0.25) is 0 Å². The fourth-order valence-electron chi connectivity index (χ4n) is 0.958. The highest BCUT2D eigenvalue weighted by molar-refractivity contribution is 9.10. The molecule has 0 aromatic heterocycles. The fraction of sp³-hybridized carbons (Fsp3) is 0.400. The first kappa shape index (κ1) is 10.9. The van der Waals surface area contributed by atoms with Crippen LogP contribution in [-0.2, 0) is 0 Å². The van der Waals surface area contributed by atoms with Crippen LogP contribution in [0.2, 0.25) is 0 Å². The van der Waals surface area contributed by atoms with Crippen LogP contribution in [0.5, 0.6) is 5.75 Å². The molecule has 13 heavy (non-hydrogen) atoms. The minimum atomic E-state index is 0.767. The SMILES string of the molecule is CSCCOc1ccc(C)cc1Br. The van der Waals surface area contributed by atoms with Gasteiger partial charge < -0.3 is 4.74 Å². The van der Waals surface area contributed by atoms with E-state index in [9.17, 15) is 0 Å². The number of rotatable bonds is 4. The van der Waals surface area contributed by atoms with Crippen LogP contribution in [-0.4, -0.2) is 18.6 Å². The maximum absolute atomic E-state index is 5.56. The first-order chi connectivity index (χ1) is 6.24. The monoisotopic (exact) mass is 260 g/mol. The van der Waals surface area contributed by atoms with Crippen LogP contribution in [0.3, 0.4) is 0 Å². The lowest BCUT2D eigenvalue weighted by molar-refractivity contribution is 0.342. The number of ether oxygens (including phenoxy) is 1. The van der Waals surface area contributed by atoms with Gasteiger partial charge in [-0.05, 0) is 46.8 Å². The third-order valence-electron chi connectivity index (χ3n) is 1.63. The molecular weight excluding hydrogens is 248 g/mol. The van der Waals surface area contributed by atoms with Gasteiger partial charge in [0, 0.05) is 5.75 Å². The van der Waals surface area contributed by atoms with E-state index in [2.05, 4.69) is 41.2 Å². The molecule has 0 radical (unpaired) electrons. The Morgan fingerprint density at radius 3 is 2.85 bits per heavy atom. The molecule has 0 amide bonds. The van der Waals surface area contributed by atoms with E-state index in [-0.39, 0.29) is 0 Å². The van der Waals surface area contributed by atoms with E-state index in [4.69, 9.17) is 4.74 Å². The smallest absolute Gasteiger partial charge is 0.133 e. The van der Waals surface area contributed by atoms with Crippen molar-refractivity contribution < 1.29 is 4.74 Å². The molecule has 72 valence electrons. The summed E-state index contributed by atoms with van der Waals surface area (Å²) in [6.07, 6.45) is 2.08. The highest BCUT2D eigenvalue weighted by Gasteiger charge is 1.99. The van der Waals surface area contributed by atoms with Crippen molar-refractivity contribution in [2.24, 2.45) is 0 Å². The van der Waals surface area contributed by atoms with E-state index in [0.717, 1.165) is 22.6 Å². The Hall–Kier alpha value is -0.150. The number of benzene rings is 1. The van der Waals surface area contributed by atoms with Gasteiger partial charge in [0.05, 0.1) is 11.1 Å². The predicted molar refractivity (Wildman–Crippen MR) is 62.8 cm³/mol. The summed E-state index contributed by atoms with van der Waals surface area (Å²) >= 11 is 5.26. The van der Waals surface area contributed by atoms with Gasteiger partial charge in [0.1, 0.15) is 5.75 Å². The van der Waals surface area contributed by atoms with Gasteiger partial charge in [0.2, 0.25) is 0 Å². The summed E-state index contributed by atoms with van der Waals surface area (Å²) < 4.78 is 6.60. The van der Waals surface area contributed by atoms with Crippen LogP contribution < -0.4 is 4.74 Å².